The molecule has 0 aliphatic heterocycles. The lowest BCUT2D eigenvalue weighted by Crippen LogP contribution is -1.75. The maximum atomic E-state index is 5.23. The minimum Gasteiger partial charge on any atom is -0.106 e. The minimum absolute atomic E-state index is 0.171. The summed E-state index contributed by atoms with van der Waals surface area (Å²) in [5, 5.41) is 0. The second kappa shape index (κ2) is 9.16. The molecule has 0 aromatic rings. The van der Waals surface area contributed by atoms with Crippen molar-refractivity contribution < 1.29 is 0 Å². The summed E-state index contributed by atoms with van der Waals surface area (Å²) in [6.45, 7) is 3.63. The molecule has 0 rings (SSSR count). The van der Waals surface area contributed by atoms with Crippen LogP contribution in [-0.4, -0.2) is 9.67 Å². The van der Waals surface area contributed by atoms with E-state index in [1.54, 1.807) is 6.92 Å². The molecule has 9 heavy (non-hydrogen) atoms. The van der Waals surface area contributed by atoms with E-state index in [1.165, 1.54) is 0 Å². The van der Waals surface area contributed by atoms with Gasteiger partial charge < -0.3 is 0 Å². The number of halogens is 4. The van der Waals surface area contributed by atoms with Gasteiger partial charge in [0.25, 0.3) is 0 Å². The van der Waals surface area contributed by atoms with E-state index >= 15 is 0 Å². The van der Waals surface area contributed by atoms with Crippen LogP contribution in [0.1, 0.15) is 20.3 Å². The zero-order valence-corrected chi connectivity index (χ0v) is 8.40. The third-order valence-corrected chi connectivity index (χ3v) is 0.926. The first kappa shape index (κ1) is 12.8. The van der Waals surface area contributed by atoms with Gasteiger partial charge in [0.2, 0.25) is 0 Å². The van der Waals surface area contributed by atoms with Crippen molar-refractivity contribution in [3.05, 3.63) is 0 Å². The largest absolute Gasteiger partial charge is 0.107 e. The summed E-state index contributed by atoms with van der Waals surface area (Å²) in [4.78, 5) is -0.394. The average Bonchev–Trinajstić information content (AvgIpc) is 1.65. The fourth-order valence-electron chi connectivity index (χ4n) is 0. The summed E-state index contributed by atoms with van der Waals surface area (Å²) in [6, 6.07) is 0. The zero-order valence-electron chi connectivity index (χ0n) is 5.37. The Kier molecular flexibility index (Phi) is 13.0. The molecule has 0 aliphatic carbocycles. The van der Waals surface area contributed by atoms with Crippen molar-refractivity contribution >= 4 is 46.4 Å². The van der Waals surface area contributed by atoms with Crippen molar-refractivity contribution in [2.75, 3.05) is 0 Å². The Morgan fingerprint density at radius 3 is 1.22 bits per heavy atom. The molecule has 0 radical (unpaired) electrons. The first-order chi connectivity index (χ1) is 4.00. The Labute approximate surface area is 76.4 Å². The molecule has 0 unspecified atom stereocenters. The fraction of sp³-hybridized carbons (Fsp3) is 1.00. The molecule has 0 aliphatic rings. The summed E-state index contributed by atoms with van der Waals surface area (Å²) in [6.07, 6.45) is 0.836. The lowest BCUT2D eigenvalue weighted by atomic mass is 10.6. The van der Waals surface area contributed by atoms with Gasteiger partial charge in [-0.3, -0.25) is 0 Å². The third kappa shape index (κ3) is 47.0. The fourth-order valence-corrected chi connectivity index (χ4v) is 0. The maximum absolute atomic E-state index is 5.23. The molecule has 0 amide bonds. The van der Waals surface area contributed by atoms with E-state index in [9.17, 15) is 0 Å². The number of hydrogen-bond acceptors (Lipinski definition) is 0. The highest BCUT2D eigenvalue weighted by Crippen LogP contribution is 2.03. The SMILES string of the molecule is CC(Cl)Cl.CCC(Cl)Cl. The average molecular weight is 212 g/mol. The van der Waals surface area contributed by atoms with Gasteiger partial charge in [-0.15, -0.1) is 46.4 Å². The lowest BCUT2D eigenvalue weighted by Gasteiger charge is -1.84. The Balaban J connectivity index is 0. The van der Waals surface area contributed by atoms with Gasteiger partial charge in [-0.25, -0.2) is 0 Å². The molecule has 0 fully saturated rings. The Bertz CT molecular complexity index is 41.5. The van der Waals surface area contributed by atoms with Crippen molar-refractivity contribution in [3.8, 4) is 0 Å². The van der Waals surface area contributed by atoms with Crippen LogP contribution in [0.2, 0.25) is 0 Å². The molecule has 4 heteroatoms. The second-order valence-corrected chi connectivity index (χ2v) is 4.13. The van der Waals surface area contributed by atoms with Gasteiger partial charge in [0, 0.05) is 0 Å². The van der Waals surface area contributed by atoms with Gasteiger partial charge in [0.05, 0.1) is 0 Å². The molecule has 0 nitrogen and oxygen atoms in total. The van der Waals surface area contributed by atoms with E-state index in [0.717, 1.165) is 6.42 Å². The summed E-state index contributed by atoms with van der Waals surface area (Å²) in [5.41, 5.74) is 0. The first-order valence-corrected chi connectivity index (χ1v) is 4.31. The van der Waals surface area contributed by atoms with Crippen molar-refractivity contribution in [1.82, 2.24) is 0 Å². The summed E-state index contributed by atoms with van der Waals surface area (Å²) in [5.74, 6) is 0. The van der Waals surface area contributed by atoms with Crippen LogP contribution in [0.25, 0.3) is 0 Å². The van der Waals surface area contributed by atoms with Gasteiger partial charge in [0.15, 0.2) is 0 Å². The predicted octanol–water partition coefficient (Wildman–Crippen LogP) is 4.01. The molecular weight excluding hydrogens is 202 g/mol. The normalized spacial score (nSPS) is 9.33. The number of hydrogen-bond donors (Lipinski definition) is 0. The van der Waals surface area contributed by atoms with Crippen molar-refractivity contribution in [1.29, 1.82) is 0 Å². The molecule has 0 spiro atoms. The second-order valence-electron chi connectivity index (χ2n) is 1.32. The highest BCUT2D eigenvalue weighted by atomic mass is 35.5. The zero-order chi connectivity index (χ0) is 7.86. The highest BCUT2D eigenvalue weighted by molar-refractivity contribution is 6.44. The van der Waals surface area contributed by atoms with Crippen LogP contribution in [0.3, 0.4) is 0 Å². The monoisotopic (exact) mass is 210 g/mol. The molecule has 0 atom stereocenters. The molecule has 0 heterocycles. The molecule has 58 valence electrons. The Morgan fingerprint density at radius 1 is 1.11 bits per heavy atom. The van der Waals surface area contributed by atoms with Crippen molar-refractivity contribution in [3.63, 3.8) is 0 Å². The minimum atomic E-state index is -0.222. The molecule has 0 N–H and O–H groups in total. The lowest BCUT2D eigenvalue weighted by molar-refractivity contribution is 1.04. The first-order valence-electron chi connectivity index (χ1n) is 2.57. The van der Waals surface area contributed by atoms with E-state index in [2.05, 4.69) is 0 Å². The van der Waals surface area contributed by atoms with E-state index in [1.807, 2.05) is 6.92 Å². The van der Waals surface area contributed by atoms with Crippen molar-refractivity contribution in [2.24, 2.45) is 0 Å². The molecule has 0 aromatic carbocycles. The molecule has 0 saturated heterocycles. The van der Waals surface area contributed by atoms with Crippen molar-refractivity contribution in [2.45, 2.75) is 29.9 Å². The maximum Gasteiger partial charge on any atom is 0.107 e. The van der Waals surface area contributed by atoms with Crippen LogP contribution < -0.4 is 0 Å². The quantitative estimate of drug-likeness (QED) is 0.576. The predicted molar refractivity (Wildman–Crippen MR) is 47.0 cm³/mol. The van der Waals surface area contributed by atoms with E-state index in [-0.39, 0.29) is 9.67 Å². The third-order valence-electron chi connectivity index (χ3n) is 0.309. The van der Waals surface area contributed by atoms with Gasteiger partial charge >= 0.3 is 0 Å². The van der Waals surface area contributed by atoms with Gasteiger partial charge in [-0.1, -0.05) is 6.92 Å². The molecule has 0 saturated carbocycles. The topological polar surface area (TPSA) is 0 Å². The van der Waals surface area contributed by atoms with Crippen LogP contribution in [0, 0.1) is 0 Å². The molecular formula is C5H10Cl4. The van der Waals surface area contributed by atoms with Crippen LogP contribution in [0.5, 0.6) is 0 Å². The van der Waals surface area contributed by atoms with E-state index in [4.69, 9.17) is 46.4 Å². The highest BCUT2D eigenvalue weighted by Gasteiger charge is 1.86. The molecule has 0 aromatic heterocycles. The van der Waals surface area contributed by atoms with Gasteiger partial charge in [-0.2, -0.15) is 0 Å². The van der Waals surface area contributed by atoms with Crippen LogP contribution in [0.15, 0.2) is 0 Å². The standard InChI is InChI=1S/C3H6Cl2.C2H4Cl2/c1-2-3(4)5;1-2(3)4/h3H,2H2,1H3;2H,1H3. The summed E-state index contributed by atoms with van der Waals surface area (Å²) >= 11 is 20.5. The van der Waals surface area contributed by atoms with Crippen LogP contribution in [-0.2, 0) is 0 Å². The van der Waals surface area contributed by atoms with Crippen LogP contribution >= 0.6 is 46.4 Å². The number of rotatable bonds is 1. The van der Waals surface area contributed by atoms with Crippen LogP contribution in [0.4, 0.5) is 0 Å². The summed E-state index contributed by atoms with van der Waals surface area (Å²) < 4.78 is 0. The van der Waals surface area contributed by atoms with Gasteiger partial charge in [-0.05, 0) is 13.3 Å². The van der Waals surface area contributed by atoms with E-state index < -0.39 is 0 Å². The molecule has 0 bridgehead atoms. The Hall–Kier alpha value is 1.16. The van der Waals surface area contributed by atoms with E-state index in [0.29, 0.717) is 0 Å². The summed E-state index contributed by atoms with van der Waals surface area (Å²) in [7, 11) is 0. The number of alkyl halides is 4. The smallest absolute Gasteiger partial charge is 0.106 e. The Morgan fingerprint density at radius 2 is 1.22 bits per heavy atom. The van der Waals surface area contributed by atoms with Gasteiger partial charge in [0.1, 0.15) is 9.67 Å².